The first-order valence-electron chi connectivity index (χ1n) is 3.33. The predicted octanol–water partition coefficient (Wildman–Crippen LogP) is -1.38. The topological polar surface area (TPSA) is 97.7 Å². The summed E-state index contributed by atoms with van der Waals surface area (Å²) >= 11 is 0. The second kappa shape index (κ2) is 9.26. The van der Waals surface area contributed by atoms with Gasteiger partial charge >= 0.3 is 59.1 Å². The molecule has 0 aromatic carbocycles. The molecule has 10 heteroatoms. The number of hydrogen-bond donors (Lipinski definition) is 1. The first-order valence-corrected chi connectivity index (χ1v) is 6.31. The van der Waals surface area contributed by atoms with Crippen molar-refractivity contribution in [2.45, 2.75) is 4.58 Å². The third-order valence-corrected chi connectivity index (χ3v) is 4.56. The first kappa shape index (κ1) is 22.5. The fourth-order valence-electron chi connectivity index (χ4n) is 0.598. The maximum atomic E-state index is 11.1. The molecule has 0 saturated carbocycles. The van der Waals surface area contributed by atoms with Crippen LogP contribution in [-0.2, 0) is 24.4 Å². The summed E-state index contributed by atoms with van der Waals surface area (Å²) in [5, 5.41) is 0. The molecule has 0 spiro atoms. The summed E-state index contributed by atoms with van der Waals surface area (Å²) < 4.78 is 53.9. The molecule has 1 N–H and O–H groups in total. The second-order valence-corrected chi connectivity index (χ2v) is 5.75. The Kier molecular flexibility index (Phi) is 13.0. The molecule has 0 rings (SSSR count). The zero-order valence-corrected chi connectivity index (χ0v) is 8.79. The van der Waals surface area contributed by atoms with E-state index in [0.717, 1.165) is 6.08 Å². The van der Waals surface area contributed by atoms with Crippen molar-refractivity contribution in [3.63, 3.8) is 0 Å². The summed E-state index contributed by atoms with van der Waals surface area (Å²) in [6, 6.07) is 0. The van der Waals surface area contributed by atoms with Gasteiger partial charge in [0.25, 0.3) is 20.2 Å². The Morgan fingerprint density at radius 3 is 1.88 bits per heavy atom. The van der Waals surface area contributed by atoms with Crippen LogP contribution < -0.4 is 0 Å². The molecule has 0 saturated heterocycles. The molecule has 16 heavy (non-hydrogen) atoms. The zero-order chi connectivity index (χ0) is 11.4. The van der Waals surface area contributed by atoms with Crippen molar-refractivity contribution < 1.29 is 25.6 Å². The molecule has 0 aromatic rings. The van der Waals surface area contributed by atoms with Crippen LogP contribution in [0.1, 0.15) is 0 Å². The Balaban J connectivity index is -0.000000845. The summed E-state index contributed by atoms with van der Waals surface area (Å²) in [5.74, 6) is 0. The van der Waals surface area contributed by atoms with Crippen molar-refractivity contribution in [3.05, 3.63) is 25.3 Å². The summed E-state index contributed by atoms with van der Waals surface area (Å²) in [6.07, 6.45) is 1.69. The van der Waals surface area contributed by atoms with Gasteiger partial charge in [0, 0.05) is 0 Å². The van der Waals surface area contributed by atoms with E-state index in [1.54, 1.807) is 0 Å². The Labute approximate surface area is 140 Å². The van der Waals surface area contributed by atoms with Gasteiger partial charge in [0.15, 0.2) is 0 Å². The van der Waals surface area contributed by atoms with Gasteiger partial charge in [-0.1, -0.05) is 12.2 Å². The Morgan fingerprint density at radius 2 is 1.62 bits per heavy atom. The zero-order valence-electron chi connectivity index (χ0n) is 7.16. The van der Waals surface area contributed by atoms with Crippen LogP contribution in [0.4, 0.5) is 0 Å². The van der Waals surface area contributed by atoms with E-state index in [0.29, 0.717) is 6.08 Å². The Bertz CT molecular complexity index is 412. The molecule has 0 aliphatic heterocycles. The van der Waals surface area contributed by atoms with Crippen LogP contribution in [0.2, 0.25) is 0 Å². The molecule has 0 radical (unpaired) electrons. The van der Waals surface area contributed by atoms with Crippen LogP contribution in [-0.4, -0.2) is 91.7 Å². The molecule has 0 aliphatic carbocycles. The van der Waals surface area contributed by atoms with Crippen molar-refractivity contribution in [2.75, 3.05) is 6.61 Å². The normalized spacial score (nSPS) is 12.8. The van der Waals surface area contributed by atoms with Gasteiger partial charge in [-0.05, 0) is 0 Å². The fourth-order valence-corrected chi connectivity index (χ4v) is 2.86. The minimum atomic E-state index is -4.77. The molecule has 0 aliphatic rings. The summed E-state index contributed by atoms with van der Waals surface area (Å²) in [7, 11) is -9.19. The molecule has 86 valence electrons. The Hall–Kier alpha value is 1.30. The van der Waals surface area contributed by atoms with Crippen molar-refractivity contribution in [1.82, 2.24) is 0 Å². The molecule has 0 fully saturated rings. The predicted molar refractivity (Wildman–Crippen MR) is 64.9 cm³/mol. The number of rotatable bonds is 6. The van der Waals surface area contributed by atoms with E-state index in [1.807, 2.05) is 0 Å². The van der Waals surface area contributed by atoms with Gasteiger partial charge in [0.1, 0.15) is 0 Å². The van der Waals surface area contributed by atoms with Crippen molar-refractivity contribution in [2.24, 2.45) is 0 Å². The van der Waals surface area contributed by atoms with E-state index in [1.165, 1.54) is 0 Å². The average Bonchev–Trinajstić information content (AvgIpc) is 1.98. The van der Waals surface area contributed by atoms with Crippen LogP contribution in [0.3, 0.4) is 0 Å². The molecule has 1 atom stereocenters. The van der Waals surface area contributed by atoms with E-state index < -0.39 is 24.8 Å². The van der Waals surface area contributed by atoms with E-state index in [4.69, 9.17) is 4.55 Å². The van der Waals surface area contributed by atoms with E-state index in [-0.39, 0.29) is 65.7 Å². The third-order valence-electron chi connectivity index (χ3n) is 1.12. The standard InChI is InChI=1S/C6H10O6S2.2Na.2H/c1-3-5-12-14(10,11)6(4-2)13(7,8)9;;;;/h3-4,6H,1-2,5H2,(H,7,8,9);;;;. The number of hydrogen-bond acceptors (Lipinski definition) is 5. The van der Waals surface area contributed by atoms with Crippen LogP contribution in [0.15, 0.2) is 25.3 Å². The molecule has 0 heterocycles. The third kappa shape index (κ3) is 7.59. The maximum absolute atomic E-state index is 11.1. The van der Waals surface area contributed by atoms with Gasteiger partial charge in [-0.2, -0.15) is 16.8 Å². The molecule has 6 nitrogen and oxygen atoms in total. The van der Waals surface area contributed by atoms with Crippen LogP contribution >= 0.6 is 0 Å². The van der Waals surface area contributed by atoms with Gasteiger partial charge in [-0.15, -0.1) is 13.2 Å². The van der Waals surface area contributed by atoms with E-state index in [9.17, 15) is 16.8 Å². The van der Waals surface area contributed by atoms with Gasteiger partial charge in [-0.3, -0.25) is 8.74 Å². The molecule has 0 bridgehead atoms. The summed E-state index contributed by atoms with van der Waals surface area (Å²) in [4.78, 5) is 0. The molecular weight excluding hydrogens is 278 g/mol. The van der Waals surface area contributed by atoms with Crippen molar-refractivity contribution in [1.29, 1.82) is 0 Å². The molecule has 0 amide bonds. The molecule has 1 unspecified atom stereocenters. The quantitative estimate of drug-likeness (QED) is 0.280. The van der Waals surface area contributed by atoms with Gasteiger partial charge in [0.2, 0.25) is 4.58 Å². The van der Waals surface area contributed by atoms with Crippen molar-refractivity contribution in [3.8, 4) is 0 Å². The van der Waals surface area contributed by atoms with Gasteiger partial charge in [0.05, 0.1) is 6.61 Å². The SMILES string of the molecule is C=CCOS(=O)(=O)C(C=C)S(=O)(=O)O.[NaH].[NaH]. The van der Waals surface area contributed by atoms with E-state index >= 15 is 0 Å². The summed E-state index contributed by atoms with van der Waals surface area (Å²) in [5.41, 5.74) is 0. The van der Waals surface area contributed by atoms with E-state index in [2.05, 4.69) is 17.3 Å². The first-order chi connectivity index (χ1) is 6.25. The molecule has 0 aromatic heterocycles. The minimum absolute atomic E-state index is 0. The van der Waals surface area contributed by atoms with Gasteiger partial charge in [-0.25, -0.2) is 0 Å². The van der Waals surface area contributed by atoms with Crippen LogP contribution in [0.25, 0.3) is 0 Å². The van der Waals surface area contributed by atoms with Crippen LogP contribution in [0, 0.1) is 0 Å². The monoisotopic (exact) mass is 290 g/mol. The van der Waals surface area contributed by atoms with Crippen molar-refractivity contribution >= 4 is 79.4 Å². The summed E-state index contributed by atoms with van der Waals surface area (Å²) in [6.45, 7) is 5.79. The fraction of sp³-hybridized carbons (Fsp3) is 0.333. The van der Waals surface area contributed by atoms with Crippen LogP contribution in [0.5, 0.6) is 0 Å². The molecular formula is C6H12Na2O6S2. The average molecular weight is 290 g/mol. The Morgan fingerprint density at radius 1 is 1.19 bits per heavy atom. The second-order valence-electron chi connectivity index (χ2n) is 2.19. The van der Waals surface area contributed by atoms with Gasteiger partial charge < -0.3 is 0 Å².